The van der Waals surface area contributed by atoms with Gasteiger partial charge in [-0.3, -0.25) is 0 Å². The Morgan fingerprint density at radius 2 is 1.37 bits per heavy atom. The van der Waals surface area contributed by atoms with E-state index in [4.69, 9.17) is 9.47 Å². The third-order valence-corrected chi connectivity index (χ3v) is 5.97. The molecule has 0 aromatic heterocycles. The molecule has 178 valence electrons. The van der Waals surface area contributed by atoms with E-state index in [2.05, 4.69) is 19.1 Å². The van der Waals surface area contributed by atoms with Crippen LogP contribution in [0.1, 0.15) is 103 Å². The molecular formula is C25H48O5. The average Bonchev–Trinajstić information content (AvgIpc) is 3.08. The maximum absolute atomic E-state index is 9.84. The van der Waals surface area contributed by atoms with Crippen molar-refractivity contribution in [1.82, 2.24) is 0 Å². The smallest absolute Gasteiger partial charge is 0.114 e. The first-order chi connectivity index (χ1) is 14.7. The Hall–Kier alpha value is -0.460. The molecule has 0 amide bonds. The minimum Gasteiger partial charge on any atom is -0.394 e. The zero-order chi connectivity index (χ0) is 21.9. The Bertz CT molecular complexity index is 401. The number of unbranched alkanes of at least 4 members (excludes halogenated alkanes) is 13. The van der Waals surface area contributed by atoms with E-state index in [1.165, 1.54) is 83.5 Å². The highest BCUT2D eigenvalue weighted by Crippen LogP contribution is 2.20. The molecule has 1 aliphatic rings. The van der Waals surface area contributed by atoms with Crippen LogP contribution < -0.4 is 0 Å². The van der Waals surface area contributed by atoms with Gasteiger partial charge in [0.15, 0.2) is 0 Å². The Kier molecular flexibility index (Phi) is 17.7. The van der Waals surface area contributed by atoms with E-state index in [0.717, 1.165) is 12.8 Å². The van der Waals surface area contributed by atoms with Crippen LogP contribution in [0.5, 0.6) is 0 Å². The molecular weight excluding hydrogens is 380 g/mol. The highest BCUT2D eigenvalue weighted by Gasteiger charge is 2.40. The monoisotopic (exact) mass is 428 g/mol. The fourth-order valence-corrected chi connectivity index (χ4v) is 3.97. The SMILES string of the molecule is CCCCCCCCC/C=C/CCCCCCCCO[C@@H](CO)[C@H]1OC[C@@H](O)[C@H]1O. The van der Waals surface area contributed by atoms with Crippen molar-refractivity contribution in [3.8, 4) is 0 Å². The van der Waals surface area contributed by atoms with Gasteiger partial charge >= 0.3 is 0 Å². The highest BCUT2D eigenvalue weighted by atomic mass is 16.6. The van der Waals surface area contributed by atoms with E-state index >= 15 is 0 Å². The van der Waals surface area contributed by atoms with E-state index in [1.54, 1.807) is 0 Å². The van der Waals surface area contributed by atoms with Crippen LogP contribution >= 0.6 is 0 Å². The lowest BCUT2D eigenvalue weighted by atomic mass is 10.1. The minimum atomic E-state index is -0.980. The third-order valence-electron chi connectivity index (χ3n) is 5.97. The molecule has 30 heavy (non-hydrogen) atoms. The number of aliphatic hydroxyl groups is 3. The van der Waals surface area contributed by atoms with Gasteiger partial charge in [-0.05, 0) is 32.1 Å². The van der Waals surface area contributed by atoms with E-state index in [0.29, 0.717) is 6.61 Å². The predicted octanol–water partition coefficient (Wildman–Crippen LogP) is 4.91. The fourth-order valence-electron chi connectivity index (χ4n) is 3.97. The van der Waals surface area contributed by atoms with Gasteiger partial charge in [0.05, 0.1) is 13.2 Å². The van der Waals surface area contributed by atoms with Crippen LogP contribution in [0.2, 0.25) is 0 Å². The molecule has 1 fully saturated rings. The maximum Gasteiger partial charge on any atom is 0.114 e. The summed E-state index contributed by atoms with van der Waals surface area (Å²) in [6, 6.07) is 0. The van der Waals surface area contributed by atoms with Crippen molar-refractivity contribution >= 4 is 0 Å². The zero-order valence-corrected chi connectivity index (χ0v) is 19.4. The van der Waals surface area contributed by atoms with Gasteiger partial charge in [0.2, 0.25) is 0 Å². The zero-order valence-electron chi connectivity index (χ0n) is 19.4. The van der Waals surface area contributed by atoms with E-state index in [9.17, 15) is 15.3 Å². The summed E-state index contributed by atoms with van der Waals surface area (Å²) in [6.07, 6.45) is 20.8. The number of rotatable bonds is 20. The molecule has 0 aliphatic carbocycles. The second-order valence-electron chi connectivity index (χ2n) is 8.74. The van der Waals surface area contributed by atoms with E-state index < -0.39 is 24.4 Å². The van der Waals surface area contributed by atoms with Gasteiger partial charge in [-0.2, -0.15) is 0 Å². The van der Waals surface area contributed by atoms with Crippen molar-refractivity contribution in [2.45, 2.75) is 128 Å². The number of aliphatic hydroxyl groups excluding tert-OH is 3. The van der Waals surface area contributed by atoms with Crippen molar-refractivity contribution in [3.05, 3.63) is 12.2 Å². The molecule has 0 aromatic rings. The van der Waals surface area contributed by atoms with Crippen LogP contribution in [-0.2, 0) is 9.47 Å². The Balaban J connectivity index is 1.84. The molecule has 0 bridgehead atoms. The Labute approximate surface area is 184 Å². The number of hydrogen-bond donors (Lipinski definition) is 3. The van der Waals surface area contributed by atoms with Crippen molar-refractivity contribution in [1.29, 1.82) is 0 Å². The average molecular weight is 429 g/mol. The summed E-state index contributed by atoms with van der Waals surface area (Å²) < 4.78 is 11.0. The van der Waals surface area contributed by atoms with Crippen LogP contribution in [0.15, 0.2) is 12.2 Å². The first-order valence-corrected chi connectivity index (χ1v) is 12.6. The topological polar surface area (TPSA) is 79.2 Å². The summed E-state index contributed by atoms with van der Waals surface area (Å²) in [7, 11) is 0. The van der Waals surface area contributed by atoms with Crippen LogP contribution in [0.4, 0.5) is 0 Å². The summed E-state index contributed by atoms with van der Waals surface area (Å²) in [6.45, 7) is 2.71. The summed E-state index contributed by atoms with van der Waals surface area (Å²) in [4.78, 5) is 0. The summed E-state index contributed by atoms with van der Waals surface area (Å²) in [5.41, 5.74) is 0. The molecule has 1 heterocycles. The molecule has 3 N–H and O–H groups in total. The molecule has 1 rings (SSSR count). The lowest BCUT2D eigenvalue weighted by Crippen LogP contribution is -2.42. The molecule has 1 saturated heterocycles. The van der Waals surface area contributed by atoms with Crippen molar-refractivity contribution in [2.24, 2.45) is 0 Å². The maximum atomic E-state index is 9.84. The van der Waals surface area contributed by atoms with E-state index in [1.807, 2.05) is 0 Å². The van der Waals surface area contributed by atoms with Crippen molar-refractivity contribution in [2.75, 3.05) is 19.8 Å². The summed E-state index contributed by atoms with van der Waals surface area (Å²) >= 11 is 0. The standard InChI is InChI=1S/C25H48O5/c1-2-3-4-5-6-7-8-9-10-11-12-13-14-15-16-17-18-19-29-23(20-26)25-24(28)22(27)21-30-25/h10-11,22-28H,2-9,12-21H2,1H3/b11-10+/t22-,23+,24-,25-/m1/s1. The molecule has 4 atom stereocenters. The Morgan fingerprint density at radius 1 is 0.833 bits per heavy atom. The first-order valence-electron chi connectivity index (χ1n) is 12.6. The second-order valence-corrected chi connectivity index (χ2v) is 8.74. The molecule has 5 heteroatoms. The second kappa shape index (κ2) is 19.2. The van der Waals surface area contributed by atoms with Gasteiger partial charge in [0.25, 0.3) is 0 Å². The van der Waals surface area contributed by atoms with Crippen LogP contribution in [0.3, 0.4) is 0 Å². The van der Waals surface area contributed by atoms with E-state index in [-0.39, 0.29) is 13.2 Å². The molecule has 0 unspecified atom stereocenters. The number of allylic oxidation sites excluding steroid dienone is 2. The normalized spacial score (nSPS) is 22.9. The quantitative estimate of drug-likeness (QED) is 0.190. The molecule has 0 radical (unpaired) electrons. The summed E-state index contributed by atoms with van der Waals surface area (Å²) in [5, 5.41) is 28.8. The van der Waals surface area contributed by atoms with Gasteiger partial charge < -0.3 is 24.8 Å². The van der Waals surface area contributed by atoms with Crippen molar-refractivity contribution < 1.29 is 24.8 Å². The summed E-state index contributed by atoms with van der Waals surface area (Å²) in [5.74, 6) is 0. The highest BCUT2D eigenvalue weighted by molar-refractivity contribution is 4.88. The third kappa shape index (κ3) is 13.1. The first kappa shape index (κ1) is 27.6. The minimum absolute atomic E-state index is 0.0972. The fraction of sp³-hybridized carbons (Fsp3) is 0.920. The van der Waals surface area contributed by atoms with Crippen molar-refractivity contribution in [3.63, 3.8) is 0 Å². The molecule has 1 aliphatic heterocycles. The predicted molar refractivity (Wildman–Crippen MR) is 123 cm³/mol. The van der Waals surface area contributed by atoms with Crippen LogP contribution in [0, 0.1) is 0 Å². The lowest BCUT2D eigenvalue weighted by Gasteiger charge is -2.24. The number of hydrogen-bond acceptors (Lipinski definition) is 5. The lowest BCUT2D eigenvalue weighted by molar-refractivity contribution is -0.101. The molecule has 0 spiro atoms. The molecule has 5 nitrogen and oxygen atoms in total. The largest absolute Gasteiger partial charge is 0.394 e. The van der Waals surface area contributed by atoms with Crippen LogP contribution in [0.25, 0.3) is 0 Å². The Morgan fingerprint density at radius 3 is 1.87 bits per heavy atom. The van der Waals surface area contributed by atoms with Gasteiger partial charge in [-0.25, -0.2) is 0 Å². The molecule has 0 aromatic carbocycles. The van der Waals surface area contributed by atoms with Gasteiger partial charge in [0.1, 0.15) is 24.4 Å². The van der Waals surface area contributed by atoms with Gasteiger partial charge in [-0.15, -0.1) is 0 Å². The molecule has 0 saturated carbocycles. The van der Waals surface area contributed by atoms with Gasteiger partial charge in [-0.1, -0.05) is 83.3 Å². The van der Waals surface area contributed by atoms with Gasteiger partial charge in [0, 0.05) is 6.61 Å². The number of ether oxygens (including phenoxy) is 2. The van der Waals surface area contributed by atoms with Crippen LogP contribution in [-0.4, -0.2) is 59.6 Å².